The first-order valence-corrected chi connectivity index (χ1v) is 34.2. The average Bonchev–Trinajstić information content (AvgIpc) is 0.912. The first-order valence-electron chi connectivity index (χ1n) is 34.2. The summed E-state index contributed by atoms with van der Waals surface area (Å²) in [6, 6.07) is 41.1. The zero-order valence-electron chi connectivity index (χ0n) is 60.8. The van der Waals surface area contributed by atoms with Crippen LogP contribution in [0.1, 0.15) is 112 Å². The first kappa shape index (κ1) is 83.2. The number of ketones is 2. The number of amides is 5. The standard InChI is InChI=1S/C41H45F2N9O6.C36H37F2N9O4/c1-41(2,3)58-40(56)45-20-7-6-11-35(47-39(55)28-9-8-10-31(23-28)50-51-44)36(53)25-57-37-33(42)21-26(22-34(37)43)24-46-38(54)27-12-14-29(15-13-27)48-49-30-16-18-32(19-17-30)52(4)5;1-47(2)29-15-13-27(14-16-29)44-43-26-11-9-24(10-12-26)35(49)41-21-23-18-30(37)34(31(38)19-23)51-22-33(48)32(8-3-4-17-39)42-36(50)25-6-5-7-28(20-25)45-46-40/h8-10,12-19,21-23,35H,6-7,11,20,24-25H2,1-5H3,(H,45,56)(H,46,54)(H,47,55);5-7,9-16,18-20,32H,3-4,8,17,21-22,39H2,1-2H3,(H,41,49)(H,42,50)/t35-;32-/m00/s1. The highest BCUT2D eigenvalue weighted by atomic mass is 19.1. The molecule has 32 heteroatoms. The number of nitrogens with two attached hydrogens (primary N) is 1. The van der Waals surface area contributed by atoms with Gasteiger partial charge in [0.05, 0.1) is 34.8 Å². The number of benzene rings is 8. The SMILES string of the molecule is CN(C)c1ccc(N=Nc2ccc(C(=O)NCc3cc(F)c(OCC(=O)[C@H](CCCCN)NC(=O)c4cccc(N=[N+]=[N-])c4)c(F)c3)cc2)cc1.CN(C)c1ccc(N=Nc2ccc(C(=O)NCc3cc(F)c(OCC(=O)[C@H](CCCCNC(=O)OC(C)(C)C)NC(=O)c4cccc(N=[N+]=[N-])c4)c(F)c3)cc2)cc1. The Labute approximate surface area is 625 Å². The molecule has 2 atom stereocenters. The second-order valence-corrected chi connectivity index (χ2v) is 25.7. The lowest BCUT2D eigenvalue weighted by Crippen LogP contribution is -2.43. The zero-order valence-corrected chi connectivity index (χ0v) is 60.8. The number of rotatable bonds is 35. The molecule has 0 radical (unpaired) electrons. The summed E-state index contributed by atoms with van der Waals surface area (Å²) in [6.07, 6.45) is 1.56. The number of Topliss-reactive ketones (excluding diaryl/α,β-unsaturated/α-hetero) is 2. The zero-order chi connectivity index (χ0) is 79.0. The van der Waals surface area contributed by atoms with E-state index in [2.05, 4.69) is 67.1 Å². The van der Waals surface area contributed by atoms with Crippen LogP contribution in [0.2, 0.25) is 0 Å². The maximum absolute atomic E-state index is 15.1. The van der Waals surface area contributed by atoms with Crippen molar-refractivity contribution in [2.75, 3.05) is 64.3 Å². The number of hydrogen-bond acceptors (Lipinski definition) is 19. The summed E-state index contributed by atoms with van der Waals surface area (Å²) in [6.45, 7) is 3.86. The van der Waals surface area contributed by atoms with E-state index in [4.69, 9.17) is 31.0 Å². The second kappa shape index (κ2) is 41.6. The second-order valence-electron chi connectivity index (χ2n) is 25.7. The number of hydrogen-bond donors (Lipinski definition) is 6. The van der Waals surface area contributed by atoms with Gasteiger partial charge in [-0.05, 0) is 234 Å². The molecule has 0 aromatic heterocycles. The number of azo groups is 2. The summed E-state index contributed by atoms with van der Waals surface area (Å²) in [4.78, 5) is 99.1. The number of nitrogens with one attached hydrogen (secondary N) is 5. The first-order chi connectivity index (χ1) is 52.2. The van der Waals surface area contributed by atoms with E-state index in [1.54, 1.807) is 69.3 Å². The third-order valence-corrected chi connectivity index (χ3v) is 15.8. The molecular weight excluding hydrogens is 1410 g/mol. The third kappa shape index (κ3) is 27.4. The summed E-state index contributed by atoms with van der Waals surface area (Å²) < 4.78 is 75.9. The number of unbranched alkanes of at least 4 members (excludes halogenated alkanes) is 2. The van der Waals surface area contributed by atoms with Crippen LogP contribution in [0.25, 0.3) is 20.9 Å². The molecule has 8 aromatic rings. The Balaban J connectivity index is 0.000000306. The average molecular weight is 1500 g/mol. The van der Waals surface area contributed by atoms with Gasteiger partial charge in [0, 0.05) is 103 Å². The summed E-state index contributed by atoms with van der Waals surface area (Å²) in [5, 5.41) is 36.8. The molecule has 0 saturated carbocycles. The molecule has 28 nitrogen and oxygen atoms in total. The van der Waals surface area contributed by atoms with Crippen LogP contribution >= 0.6 is 0 Å². The molecule has 0 fully saturated rings. The highest BCUT2D eigenvalue weighted by Crippen LogP contribution is 2.29. The van der Waals surface area contributed by atoms with E-state index in [1.807, 2.05) is 86.5 Å². The molecule has 0 heterocycles. The summed E-state index contributed by atoms with van der Waals surface area (Å²) in [5.41, 5.74) is 28.2. The molecule has 0 bridgehead atoms. The van der Waals surface area contributed by atoms with E-state index in [-0.39, 0.29) is 71.7 Å². The Morgan fingerprint density at radius 2 is 0.817 bits per heavy atom. The molecule has 0 aliphatic heterocycles. The minimum atomic E-state index is -1.14. The fourth-order valence-electron chi connectivity index (χ4n) is 10.1. The van der Waals surface area contributed by atoms with Crippen LogP contribution in [0.5, 0.6) is 11.5 Å². The van der Waals surface area contributed by atoms with Gasteiger partial charge in [0.25, 0.3) is 23.6 Å². The topological polar surface area (TPSA) is 387 Å². The van der Waals surface area contributed by atoms with Crippen molar-refractivity contribution in [2.45, 2.75) is 90.1 Å². The van der Waals surface area contributed by atoms with Gasteiger partial charge in [-0.1, -0.05) is 34.5 Å². The molecule has 5 amide bonds. The van der Waals surface area contributed by atoms with Crippen LogP contribution in [-0.4, -0.2) is 113 Å². The fraction of sp³-hybridized carbons (Fsp3) is 0.286. The minimum absolute atomic E-state index is 0.0980. The Bertz CT molecular complexity index is 4600. The molecule has 109 heavy (non-hydrogen) atoms. The summed E-state index contributed by atoms with van der Waals surface area (Å²) >= 11 is 0. The highest BCUT2D eigenvalue weighted by molar-refractivity contribution is 6.00. The number of nitrogens with zero attached hydrogens (tertiary/aromatic N) is 12. The van der Waals surface area contributed by atoms with Crippen LogP contribution in [0.3, 0.4) is 0 Å². The third-order valence-electron chi connectivity index (χ3n) is 15.8. The van der Waals surface area contributed by atoms with Crippen molar-refractivity contribution in [2.24, 2.45) is 36.4 Å². The van der Waals surface area contributed by atoms with Crippen molar-refractivity contribution in [3.05, 3.63) is 247 Å². The lowest BCUT2D eigenvalue weighted by atomic mass is 10.0. The van der Waals surface area contributed by atoms with E-state index in [0.29, 0.717) is 60.5 Å². The molecule has 8 rings (SSSR count). The van der Waals surface area contributed by atoms with Gasteiger partial charge in [-0.3, -0.25) is 28.8 Å². The van der Waals surface area contributed by atoms with Crippen molar-refractivity contribution < 1.29 is 65.3 Å². The molecule has 7 N–H and O–H groups in total. The normalized spacial score (nSPS) is 11.5. The van der Waals surface area contributed by atoms with Gasteiger partial charge < -0.3 is 56.3 Å². The molecule has 0 spiro atoms. The van der Waals surface area contributed by atoms with Gasteiger partial charge in [0.2, 0.25) is 0 Å². The van der Waals surface area contributed by atoms with Gasteiger partial charge >= 0.3 is 6.09 Å². The van der Waals surface area contributed by atoms with Crippen LogP contribution < -0.4 is 51.6 Å². The van der Waals surface area contributed by atoms with Crippen molar-refractivity contribution in [3.8, 4) is 11.5 Å². The Morgan fingerprint density at radius 1 is 0.459 bits per heavy atom. The molecular formula is C77H82F4N18O10. The molecule has 0 aliphatic rings. The monoisotopic (exact) mass is 1490 g/mol. The van der Waals surface area contributed by atoms with Gasteiger partial charge in [-0.15, -0.1) is 0 Å². The van der Waals surface area contributed by atoms with Crippen molar-refractivity contribution in [3.63, 3.8) is 0 Å². The Kier molecular flexibility index (Phi) is 31.8. The van der Waals surface area contributed by atoms with Crippen molar-refractivity contribution in [1.82, 2.24) is 26.6 Å². The molecule has 8 aromatic carbocycles. The smallest absolute Gasteiger partial charge is 0.407 e. The van der Waals surface area contributed by atoms with E-state index >= 15 is 8.78 Å². The van der Waals surface area contributed by atoms with Gasteiger partial charge in [0.1, 0.15) is 18.8 Å². The maximum atomic E-state index is 15.1. The lowest BCUT2D eigenvalue weighted by molar-refractivity contribution is -0.123. The molecule has 568 valence electrons. The van der Waals surface area contributed by atoms with E-state index < -0.39 is 107 Å². The minimum Gasteiger partial charge on any atom is -0.480 e. The van der Waals surface area contributed by atoms with Gasteiger partial charge in [-0.2, -0.15) is 20.5 Å². The molecule has 0 unspecified atom stereocenters. The van der Waals surface area contributed by atoms with E-state index in [9.17, 15) is 42.3 Å². The Morgan fingerprint density at radius 3 is 1.16 bits per heavy atom. The predicted octanol–water partition coefficient (Wildman–Crippen LogP) is 16.0. The lowest BCUT2D eigenvalue weighted by Gasteiger charge is -2.20. The molecule has 0 saturated heterocycles. The van der Waals surface area contributed by atoms with Crippen LogP contribution in [-0.2, 0) is 27.4 Å². The fourth-order valence-corrected chi connectivity index (χ4v) is 10.1. The van der Waals surface area contributed by atoms with Crippen LogP contribution in [0.15, 0.2) is 201 Å². The van der Waals surface area contributed by atoms with E-state index in [1.165, 1.54) is 48.5 Å². The Hall–Kier alpha value is -13.1. The number of azide groups is 2. The largest absolute Gasteiger partial charge is 0.480 e. The van der Waals surface area contributed by atoms with Gasteiger partial charge in [-0.25, -0.2) is 22.4 Å². The molecule has 0 aliphatic carbocycles. The van der Waals surface area contributed by atoms with Gasteiger partial charge in [0.15, 0.2) is 46.3 Å². The van der Waals surface area contributed by atoms with Crippen LogP contribution in [0.4, 0.5) is 67.9 Å². The highest BCUT2D eigenvalue weighted by Gasteiger charge is 2.27. The number of carbonyl (C=O) groups is 7. The summed E-state index contributed by atoms with van der Waals surface area (Å²) in [5.74, 6) is -9.47. The van der Waals surface area contributed by atoms with Crippen molar-refractivity contribution in [1.29, 1.82) is 0 Å². The maximum Gasteiger partial charge on any atom is 0.407 e. The predicted molar refractivity (Wildman–Crippen MR) is 403 cm³/mol. The van der Waals surface area contributed by atoms with Crippen LogP contribution in [0, 0.1) is 23.3 Å². The number of ether oxygens (including phenoxy) is 3. The summed E-state index contributed by atoms with van der Waals surface area (Å²) in [7, 11) is 7.76. The van der Waals surface area contributed by atoms with Crippen molar-refractivity contribution >= 4 is 86.8 Å². The number of anilines is 2. The number of alkyl carbamates (subject to hydrolysis) is 1. The van der Waals surface area contributed by atoms with E-state index in [0.717, 1.165) is 35.6 Å². The number of carbonyl (C=O) groups excluding carboxylic acids is 7. The number of halogens is 4. The quantitative estimate of drug-likeness (QED) is 0.00708.